The summed E-state index contributed by atoms with van der Waals surface area (Å²) in [5, 5.41) is 2.43. The summed E-state index contributed by atoms with van der Waals surface area (Å²) in [4.78, 5) is 0. The summed E-state index contributed by atoms with van der Waals surface area (Å²) in [5.74, 6) is 1.56. The summed E-state index contributed by atoms with van der Waals surface area (Å²) in [5.41, 5.74) is 1.16. The first-order valence-corrected chi connectivity index (χ1v) is 7.98. The van der Waals surface area contributed by atoms with Crippen molar-refractivity contribution in [1.82, 2.24) is 0 Å². The van der Waals surface area contributed by atoms with Crippen molar-refractivity contribution in [3.05, 3.63) is 23.8 Å². The Balaban J connectivity index is 1.55. The molecule has 0 amide bonds. The maximum atomic E-state index is 5.70. The lowest BCUT2D eigenvalue weighted by atomic mass is 10.2. The summed E-state index contributed by atoms with van der Waals surface area (Å²) >= 11 is 0. The number of methoxy groups -OCH3 is 1. The SMILES string of the molecule is COc1cc(C)ccc1OCCOCC[NH2+]C1CCCC1. The molecule has 1 aromatic rings. The van der Waals surface area contributed by atoms with E-state index in [1.165, 1.54) is 25.7 Å². The van der Waals surface area contributed by atoms with Gasteiger partial charge in [-0.25, -0.2) is 0 Å². The van der Waals surface area contributed by atoms with Gasteiger partial charge in [0.15, 0.2) is 11.5 Å². The molecule has 4 heteroatoms. The molecule has 0 radical (unpaired) electrons. The van der Waals surface area contributed by atoms with Crippen molar-refractivity contribution in [2.75, 3.05) is 33.5 Å². The minimum Gasteiger partial charge on any atom is -0.493 e. The number of quaternary nitrogens is 1. The van der Waals surface area contributed by atoms with E-state index >= 15 is 0 Å². The maximum Gasteiger partial charge on any atom is 0.161 e. The highest BCUT2D eigenvalue weighted by molar-refractivity contribution is 5.42. The second-order valence-electron chi connectivity index (χ2n) is 5.68. The normalized spacial score (nSPS) is 15.3. The van der Waals surface area contributed by atoms with Crippen molar-refractivity contribution in [2.24, 2.45) is 0 Å². The zero-order valence-corrected chi connectivity index (χ0v) is 13.3. The molecule has 2 rings (SSSR count). The molecule has 0 atom stereocenters. The highest BCUT2D eigenvalue weighted by Gasteiger charge is 2.16. The summed E-state index contributed by atoms with van der Waals surface area (Å²) in [6.07, 6.45) is 5.54. The maximum absolute atomic E-state index is 5.70. The number of hydrogen-bond acceptors (Lipinski definition) is 3. The lowest BCUT2D eigenvalue weighted by Crippen LogP contribution is -2.90. The Bertz CT molecular complexity index is 416. The molecule has 0 heterocycles. The zero-order chi connectivity index (χ0) is 14.9. The van der Waals surface area contributed by atoms with Crippen molar-refractivity contribution < 1.29 is 19.5 Å². The molecular weight excluding hydrogens is 266 g/mol. The van der Waals surface area contributed by atoms with Crippen molar-refractivity contribution in [3.63, 3.8) is 0 Å². The smallest absolute Gasteiger partial charge is 0.161 e. The van der Waals surface area contributed by atoms with Gasteiger partial charge in [0, 0.05) is 0 Å². The van der Waals surface area contributed by atoms with E-state index in [9.17, 15) is 0 Å². The number of nitrogens with two attached hydrogens (primary N) is 1. The van der Waals surface area contributed by atoms with E-state index in [4.69, 9.17) is 14.2 Å². The quantitative estimate of drug-likeness (QED) is 0.708. The molecule has 0 bridgehead atoms. The predicted molar refractivity (Wildman–Crippen MR) is 83.1 cm³/mol. The van der Waals surface area contributed by atoms with Crippen LogP contribution in [0.1, 0.15) is 31.2 Å². The van der Waals surface area contributed by atoms with E-state index in [-0.39, 0.29) is 0 Å². The van der Waals surface area contributed by atoms with Crippen LogP contribution >= 0.6 is 0 Å². The van der Waals surface area contributed by atoms with Crippen LogP contribution in [0, 0.1) is 6.92 Å². The van der Waals surface area contributed by atoms with E-state index in [1.54, 1.807) is 7.11 Å². The van der Waals surface area contributed by atoms with Crippen molar-refractivity contribution >= 4 is 0 Å². The summed E-state index contributed by atoms with van der Waals surface area (Å²) in [6, 6.07) is 6.78. The van der Waals surface area contributed by atoms with E-state index in [0.717, 1.165) is 36.3 Å². The van der Waals surface area contributed by atoms with Crippen molar-refractivity contribution in [2.45, 2.75) is 38.6 Å². The Morgan fingerprint density at radius 1 is 1.10 bits per heavy atom. The van der Waals surface area contributed by atoms with Crippen LogP contribution in [0.3, 0.4) is 0 Å². The van der Waals surface area contributed by atoms with Gasteiger partial charge in [-0.2, -0.15) is 0 Å². The standard InChI is InChI=1S/C17H27NO3/c1-14-7-8-16(17(13-14)19-2)21-12-11-20-10-9-18-15-5-3-4-6-15/h7-8,13,15,18H,3-6,9-12H2,1-2H3/p+1. The predicted octanol–water partition coefficient (Wildman–Crippen LogP) is 1.91. The summed E-state index contributed by atoms with van der Waals surface area (Å²) in [6.45, 7) is 5.07. The van der Waals surface area contributed by atoms with Crippen LogP contribution in [0.2, 0.25) is 0 Å². The van der Waals surface area contributed by atoms with E-state index in [1.807, 2.05) is 25.1 Å². The molecule has 118 valence electrons. The monoisotopic (exact) mass is 294 g/mol. The molecule has 21 heavy (non-hydrogen) atoms. The number of benzene rings is 1. The van der Waals surface area contributed by atoms with Gasteiger partial charge in [-0.05, 0) is 50.3 Å². The molecule has 0 aliphatic heterocycles. The second kappa shape index (κ2) is 8.90. The van der Waals surface area contributed by atoms with Gasteiger partial charge in [0.2, 0.25) is 0 Å². The summed E-state index contributed by atoms with van der Waals surface area (Å²) in [7, 11) is 1.66. The zero-order valence-electron chi connectivity index (χ0n) is 13.3. The third kappa shape index (κ3) is 5.56. The lowest BCUT2D eigenvalue weighted by Gasteiger charge is -2.12. The third-order valence-corrected chi connectivity index (χ3v) is 3.97. The first-order chi connectivity index (χ1) is 10.3. The van der Waals surface area contributed by atoms with Gasteiger partial charge < -0.3 is 19.5 Å². The molecule has 0 saturated heterocycles. The van der Waals surface area contributed by atoms with Gasteiger partial charge in [-0.15, -0.1) is 0 Å². The molecule has 2 N–H and O–H groups in total. The minimum absolute atomic E-state index is 0.558. The van der Waals surface area contributed by atoms with E-state index < -0.39 is 0 Å². The average molecular weight is 294 g/mol. The second-order valence-corrected chi connectivity index (χ2v) is 5.68. The fourth-order valence-corrected chi connectivity index (χ4v) is 2.79. The first kappa shape index (κ1) is 16.1. The van der Waals surface area contributed by atoms with Gasteiger partial charge in [-0.3, -0.25) is 0 Å². The van der Waals surface area contributed by atoms with Crippen LogP contribution in [-0.4, -0.2) is 39.5 Å². The molecule has 0 aromatic heterocycles. The van der Waals surface area contributed by atoms with Crippen LogP contribution in [0.5, 0.6) is 11.5 Å². The minimum atomic E-state index is 0.558. The Labute approximate surface area is 127 Å². The molecule has 1 fully saturated rings. The highest BCUT2D eigenvalue weighted by atomic mass is 16.5. The lowest BCUT2D eigenvalue weighted by molar-refractivity contribution is -0.689. The molecule has 4 nitrogen and oxygen atoms in total. The fraction of sp³-hybridized carbons (Fsp3) is 0.647. The van der Waals surface area contributed by atoms with Crippen molar-refractivity contribution in [3.8, 4) is 11.5 Å². The fourth-order valence-electron chi connectivity index (χ4n) is 2.79. The first-order valence-electron chi connectivity index (χ1n) is 7.98. The van der Waals surface area contributed by atoms with Crippen LogP contribution in [0.4, 0.5) is 0 Å². The topological polar surface area (TPSA) is 44.3 Å². The third-order valence-electron chi connectivity index (χ3n) is 3.97. The van der Waals surface area contributed by atoms with Gasteiger partial charge in [-0.1, -0.05) is 6.07 Å². The van der Waals surface area contributed by atoms with Gasteiger partial charge >= 0.3 is 0 Å². The Morgan fingerprint density at radius 3 is 2.67 bits per heavy atom. The van der Waals surface area contributed by atoms with Crippen molar-refractivity contribution in [1.29, 1.82) is 0 Å². The van der Waals surface area contributed by atoms with Gasteiger partial charge in [0.25, 0.3) is 0 Å². The van der Waals surface area contributed by atoms with Crippen LogP contribution in [0.25, 0.3) is 0 Å². The molecule has 1 aliphatic carbocycles. The van der Waals surface area contributed by atoms with E-state index in [0.29, 0.717) is 13.2 Å². The molecule has 1 saturated carbocycles. The molecule has 1 aromatic carbocycles. The number of ether oxygens (including phenoxy) is 3. The molecule has 1 aliphatic rings. The average Bonchev–Trinajstić information content (AvgIpc) is 3.00. The number of aryl methyl sites for hydroxylation is 1. The highest BCUT2D eigenvalue weighted by Crippen LogP contribution is 2.27. The summed E-state index contributed by atoms with van der Waals surface area (Å²) < 4.78 is 16.6. The van der Waals surface area contributed by atoms with E-state index in [2.05, 4.69) is 5.32 Å². The molecular formula is C17H28NO3+. The molecule has 0 spiro atoms. The Morgan fingerprint density at radius 2 is 1.90 bits per heavy atom. The largest absolute Gasteiger partial charge is 0.493 e. The van der Waals surface area contributed by atoms with Gasteiger partial charge in [0.05, 0.1) is 32.9 Å². The van der Waals surface area contributed by atoms with Crippen LogP contribution in [-0.2, 0) is 4.74 Å². The molecule has 0 unspecified atom stereocenters. The van der Waals surface area contributed by atoms with Crippen LogP contribution < -0.4 is 14.8 Å². The van der Waals surface area contributed by atoms with Gasteiger partial charge in [0.1, 0.15) is 6.61 Å². The van der Waals surface area contributed by atoms with Crippen LogP contribution in [0.15, 0.2) is 18.2 Å². The Kier molecular flexibility index (Phi) is 6.83. The number of hydrogen-bond donors (Lipinski definition) is 1. The number of rotatable bonds is 9. The Hall–Kier alpha value is -1.26.